The second kappa shape index (κ2) is 8.81. The van der Waals surface area contributed by atoms with Gasteiger partial charge in [-0.1, -0.05) is 45.8 Å². The summed E-state index contributed by atoms with van der Waals surface area (Å²) in [6.45, 7) is 7.14. The third-order valence-corrected chi connectivity index (χ3v) is 6.94. The summed E-state index contributed by atoms with van der Waals surface area (Å²) in [5.74, 6) is -0.0291. The number of benzene rings is 2. The van der Waals surface area contributed by atoms with E-state index in [4.69, 9.17) is 9.15 Å². The Morgan fingerprint density at radius 3 is 2.59 bits per heavy atom. The molecule has 2 aliphatic heterocycles. The minimum Gasteiger partial charge on any atom is -0.450 e. The normalized spacial score (nSPS) is 19.0. The van der Waals surface area contributed by atoms with Gasteiger partial charge in [-0.15, -0.1) is 0 Å². The van der Waals surface area contributed by atoms with Gasteiger partial charge in [-0.3, -0.25) is 9.59 Å². The summed E-state index contributed by atoms with van der Waals surface area (Å²) in [4.78, 5) is 30.3. The van der Waals surface area contributed by atoms with Crippen LogP contribution in [-0.4, -0.2) is 50.2 Å². The topological polar surface area (TPSA) is 64.2 Å². The van der Waals surface area contributed by atoms with E-state index in [0.29, 0.717) is 23.1 Å². The molecule has 0 unspecified atom stereocenters. The van der Waals surface area contributed by atoms with Crippen LogP contribution in [0.3, 0.4) is 0 Å². The molecule has 5 rings (SSSR count). The zero-order valence-corrected chi connectivity index (χ0v) is 19.6. The third-order valence-electron chi connectivity index (χ3n) is 6.45. The van der Waals surface area contributed by atoms with Crippen LogP contribution in [0.1, 0.15) is 39.7 Å². The molecular formula is C25H26BrN2O4+. The van der Waals surface area contributed by atoms with Crippen molar-refractivity contribution in [1.29, 1.82) is 0 Å². The van der Waals surface area contributed by atoms with Gasteiger partial charge in [0.15, 0.2) is 5.43 Å². The van der Waals surface area contributed by atoms with Crippen LogP contribution in [0.2, 0.25) is 0 Å². The minimum atomic E-state index is -0.433. The molecule has 1 fully saturated rings. The average molecular weight is 498 g/mol. The number of halogens is 1. The maximum absolute atomic E-state index is 13.6. The van der Waals surface area contributed by atoms with Gasteiger partial charge < -0.3 is 19.0 Å². The average Bonchev–Trinajstić information content (AvgIpc) is 3.08. The third kappa shape index (κ3) is 3.89. The minimum absolute atomic E-state index is 0.136. The second-order valence-corrected chi connectivity index (χ2v) is 9.51. The first-order valence-corrected chi connectivity index (χ1v) is 11.9. The molecule has 0 spiro atoms. The Morgan fingerprint density at radius 2 is 1.84 bits per heavy atom. The van der Waals surface area contributed by atoms with Crippen LogP contribution < -0.4 is 10.3 Å². The molecule has 166 valence electrons. The first-order valence-electron chi connectivity index (χ1n) is 11.1. The van der Waals surface area contributed by atoms with Crippen LogP contribution >= 0.6 is 15.9 Å². The molecule has 0 bridgehead atoms. The van der Waals surface area contributed by atoms with E-state index in [0.717, 1.165) is 54.9 Å². The SMILES string of the molecule is Cc1ccc([C@@H]2c3c(oc4ccc(Br)cc4c3=O)C(=O)N2CCC[NH+]2CCOCC2)cc1. The number of rotatable bonds is 5. The number of quaternary nitrogens is 1. The zero-order valence-electron chi connectivity index (χ0n) is 18.0. The Bertz CT molecular complexity index is 1220. The molecule has 1 amide bonds. The Balaban J connectivity index is 1.53. The molecular weight excluding hydrogens is 472 g/mol. The summed E-state index contributed by atoms with van der Waals surface area (Å²) in [5, 5.41) is 0.489. The van der Waals surface area contributed by atoms with Crippen molar-refractivity contribution in [2.75, 3.05) is 39.4 Å². The van der Waals surface area contributed by atoms with E-state index in [1.54, 1.807) is 12.1 Å². The summed E-state index contributed by atoms with van der Waals surface area (Å²) in [7, 11) is 0. The van der Waals surface area contributed by atoms with Gasteiger partial charge >= 0.3 is 0 Å². The highest BCUT2D eigenvalue weighted by Crippen LogP contribution is 2.38. The fourth-order valence-corrected chi connectivity index (χ4v) is 5.09. The number of fused-ring (bicyclic) bond motifs is 2. The van der Waals surface area contributed by atoms with Crippen LogP contribution in [-0.2, 0) is 4.74 Å². The fraction of sp³-hybridized carbons (Fsp3) is 0.360. The lowest BCUT2D eigenvalue weighted by molar-refractivity contribution is -0.908. The van der Waals surface area contributed by atoms with Gasteiger partial charge in [-0.05, 0) is 30.7 Å². The molecule has 3 heterocycles. The monoisotopic (exact) mass is 497 g/mol. The lowest BCUT2D eigenvalue weighted by atomic mass is 9.97. The van der Waals surface area contributed by atoms with E-state index >= 15 is 0 Å². The smallest absolute Gasteiger partial charge is 0.290 e. The molecule has 6 nitrogen and oxygen atoms in total. The first-order chi connectivity index (χ1) is 15.5. The van der Waals surface area contributed by atoms with Gasteiger partial charge in [0.1, 0.15) is 18.7 Å². The standard InChI is InChI=1S/C25H25BrN2O4/c1-16-3-5-17(6-4-16)22-21-23(29)19-15-18(26)7-8-20(19)32-24(21)25(30)28(22)10-2-9-27-11-13-31-14-12-27/h3-8,15,22H,2,9-14H2,1H3/p+1/t22-/m1/s1. The van der Waals surface area contributed by atoms with E-state index in [2.05, 4.69) is 15.9 Å². The summed E-state index contributed by atoms with van der Waals surface area (Å²) < 4.78 is 12.3. The van der Waals surface area contributed by atoms with Crippen molar-refractivity contribution in [2.45, 2.75) is 19.4 Å². The lowest BCUT2D eigenvalue weighted by Crippen LogP contribution is -3.14. The Labute approximate surface area is 194 Å². The van der Waals surface area contributed by atoms with Crippen LogP contribution in [0.4, 0.5) is 0 Å². The predicted molar refractivity (Wildman–Crippen MR) is 125 cm³/mol. The molecule has 0 aliphatic carbocycles. The highest BCUT2D eigenvalue weighted by atomic mass is 79.9. The van der Waals surface area contributed by atoms with Crippen molar-refractivity contribution in [3.05, 3.63) is 79.6 Å². The van der Waals surface area contributed by atoms with E-state index < -0.39 is 6.04 Å². The van der Waals surface area contributed by atoms with E-state index in [1.807, 2.05) is 42.2 Å². The Hall–Kier alpha value is -2.48. The van der Waals surface area contributed by atoms with Gasteiger partial charge in [0, 0.05) is 17.4 Å². The van der Waals surface area contributed by atoms with Crippen LogP contribution in [0, 0.1) is 6.92 Å². The van der Waals surface area contributed by atoms with Gasteiger partial charge in [0.2, 0.25) is 5.76 Å². The van der Waals surface area contributed by atoms with E-state index in [-0.39, 0.29) is 17.1 Å². The number of amides is 1. The van der Waals surface area contributed by atoms with Crippen molar-refractivity contribution in [1.82, 2.24) is 4.90 Å². The van der Waals surface area contributed by atoms with Gasteiger partial charge in [0.05, 0.1) is 36.8 Å². The van der Waals surface area contributed by atoms with Crippen LogP contribution in [0.25, 0.3) is 11.0 Å². The lowest BCUT2D eigenvalue weighted by Gasteiger charge is -2.27. The highest BCUT2D eigenvalue weighted by Gasteiger charge is 2.42. The number of carbonyl (C=O) groups is 1. The van der Waals surface area contributed by atoms with Crippen molar-refractivity contribution in [3.63, 3.8) is 0 Å². The molecule has 3 aromatic rings. The van der Waals surface area contributed by atoms with E-state index in [9.17, 15) is 9.59 Å². The number of aryl methyl sites for hydroxylation is 1. The Morgan fingerprint density at radius 1 is 1.09 bits per heavy atom. The molecule has 1 N–H and O–H groups in total. The number of hydrogen-bond donors (Lipinski definition) is 1. The summed E-state index contributed by atoms with van der Waals surface area (Å²) in [6, 6.07) is 12.9. The number of ether oxygens (including phenoxy) is 1. The number of carbonyl (C=O) groups excluding carboxylic acids is 1. The maximum Gasteiger partial charge on any atom is 0.290 e. The number of morpholine rings is 1. The molecule has 2 aliphatic rings. The summed E-state index contributed by atoms with van der Waals surface area (Å²) in [6.07, 6.45) is 0.858. The fourth-order valence-electron chi connectivity index (χ4n) is 4.73. The van der Waals surface area contributed by atoms with Gasteiger partial charge in [-0.25, -0.2) is 0 Å². The van der Waals surface area contributed by atoms with E-state index in [1.165, 1.54) is 4.90 Å². The molecule has 1 saturated heterocycles. The summed E-state index contributed by atoms with van der Waals surface area (Å²) in [5.41, 5.74) is 2.82. The molecule has 0 radical (unpaired) electrons. The number of nitrogens with zero attached hydrogens (tertiary/aromatic N) is 1. The molecule has 7 heteroatoms. The highest BCUT2D eigenvalue weighted by molar-refractivity contribution is 9.10. The molecule has 2 aromatic carbocycles. The van der Waals surface area contributed by atoms with Crippen LogP contribution in [0.5, 0.6) is 0 Å². The van der Waals surface area contributed by atoms with Crippen molar-refractivity contribution in [2.24, 2.45) is 0 Å². The van der Waals surface area contributed by atoms with Gasteiger partial charge in [-0.2, -0.15) is 0 Å². The van der Waals surface area contributed by atoms with Crippen LogP contribution in [0.15, 0.2) is 56.1 Å². The largest absolute Gasteiger partial charge is 0.450 e. The molecule has 1 atom stereocenters. The Kier molecular flexibility index (Phi) is 5.88. The van der Waals surface area contributed by atoms with Crippen molar-refractivity contribution in [3.8, 4) is 0 Å². The predicted octanol–water partition coefficient (Wildman–Crippen LogP) is 2.71. The quantitative estimate of drug-likeness (QED) is 0.588. The number of hydrogen-bond acceptors (Lipinski definition) is 4. The van der Waals surface area contributed by atoms with Crippen molar-refractivity contribution >= 4 is 32.8 Å². The zero-order chi connectivity index (χ0) is 22.2. The molecule has 32 heavy (non-hydrogen) atoms. The second-order valence-electron chi connectivity index (χ2n) is 8.59. The van der Waals surface area contributed by atoms with Crippen molar-refractivity contribution < 1.29 is 18.8 Å². The molecule has 1 aromatic heterocycles. The van der Waals surface area contributed by atoms with Gasteiger partial charge in [0.25, 0.3) is 5.91 Å². The summed E-state index contributed by atoms with van der Waals surface area (Å²) >= 11 is 3.44. The maximum atomic E-state index is 13.6. The first kappa shape index (κ1) is 21.4. The molecule has 0 saturated carbocycles. The number of nitrogens with one attached hydrogen (secondary N) is 1.